The van der Waals surface area contributed by atoms with Crippen LogP contribution in [0.25, 0.3) is 0 Å². The quantitative estimate of drug-likeness (QED) is 0.641. The van der Waals surface area contributed by atoms with Crippen molar-refractivity contribution in [2.45, 2.75) is 12.5 Å². The van der Waals surface area contributed by atoms with Gasteiger partial charge in [0, 0.05) is 18.8 Å². The first kappa shape index (κ1) is 11.3. The predicted molar refractivity (Wildman–Crippen MR) is 54.1 cm³/mol. The first-order chi connectivity index (χ1) is 6.61. The van der Waals surface area contributed by atoms with Gasteiger partial charge in [0.15, 0.2) is 0 Å². The van der Waals surface area contributed by atoms with Crippen LogP contribution in [0.2, 0.25) is 0 Å². The normalized spacial score (nSPS) is 17.4. The van der Waals surface area contributed by atoms with Crippen molar-refractivity contribution in [3.8, 4) is 0 Å². The number of nitrogens with zero attached hydrogens (tertiary/aromatic N) is 1. The summed E-state index contributed by atoms with van der Waals surface area (Å²) in [6.45, 7) is 1.68. The second-order valence-corrected chi connectivity index (χ2v) is 4.22. The lowest BCUT2D eigenvalue weighted by molar-refractivity contribution is -0.138. The molecule has 0 aromatic rings. The Hall–Kier alpha value is -0.750. The van der Waals surface area contributed by atoms with Crippen LogP contribution in [0.5, 0.6) is 0 Å². The van der Waals surface area contributed by atoms with Gasteiger partial charge in [-0.3, -0.25) is 9.59 Å². The summed E-state index contributed by atoms with van der Waals surface area (Å²) < 4.78 is 0. The molecule has 1 atom stereocenters. The maximum Gasteiger partial charge on any atom is 0.321 e. The zero-order valence-corrected chi connectivity index (χ0v) is 8.63. The SMILES string of the molecule is N[C@@H](CSCC(=O)N1CCC1)C(=O)O. The standard InChI is InChI=1S/C8H14N2O3S/c9-6(8(12)13)4-14-5-7(11)10-2-1-3-10/h6H,1-5,9H2,(H,12,13)/t6-/m0/s1. The van der Waals surface area contributed by atoms with E-state index in [2.05, 4.69) is 0 Å². The van der Waals surface area contributed by atoms with Crippen molar-refractivity contribution in [3.63, 3.8) is 0 Å². The van der Waals surface area contributed by atoms with Crippen molar-refractivity contribution in [2.24, 2.45) is 5.73 Å². The van der Waals surface area contributed by atoms with Crippen LogP contribution in [0.3, 0.4) is 0 Å². The Kier molecular flexibility index (Phi) is 4.21. The topological polar surface area (TPSA) is 83.6 Å². The molecule has 5 nitrogen and oxygen atoms in total. The molecule has 1 amide bonds. The van der Waals surface area contributed by atoms with Gasteiger partial charge in [-0.1, -0.05) is 0 Å². The number of hydrogen-bond acceptors (Lipinski definition) is 4. The Morgan fingerprint density at radius 2 is 2.14 bits per heavy atom. The summed E-state index contributed by atoms with van der Waals surface area (Å²) in [5.74, 6) is -0.316. The van der Waals surface area contributed by atoms with E-state index in [1.165, 1.54) is 11.8 Å². The van der Waals surface area contributed by atoms with Crippen molar-refractivity contribution < 1.29 is 14.7 Å². The number of carboxylic acids is 1. The number of likely N-dealkylation sites (tertiary alicyclic amines) is 1. The monoisotopic (exact) mass is 218 g/mol. The molecule has 1 aliphatic rings. The molecule has 0 bridgehead atoms. The molecule has 1 fully saturated rings. The highest BCUT2D eigenvalue weighted by atomic mass is 32.2. The van der Waals surface area contributed by atoms with Gasteiger partial charge in [-0.2, -0.15) is 0 Å². The molecule has 1 saturated heterocycles. The fourth-order valence-electron chi connectivity index (χ4n) is 1.00. The summed E-state index contributed by atoms with van der Waals surface area (Å²) >= 11 is 1.28. The summed E-state index contributed by atoms with van der Waals surface area (Å²) in [6, 6.07) is -0.871. The molecule has 3 N–H and O–H groups in total. The molecular formula is C8H14N2O3S. The van der Waals surface area contributed by atoms with E-state index in [1.54, 1.807) is 4.90 Å². The molecule has 1 aliphatic heterocycles. The zero-order valence-electron chi connectivity index (χ0n) is 7.81. The second kappa shape index (κ2) is 5.21. The molecule has 14 heavy (non-hydrogen) atoms. The van der Waals surface area contributed by atoms with Crippen molar-refractivity contribution in [1.82, 2.24) is 4.90 Å². The van der Waals surface area contributed by atoms with Gasteiger partial charge in [0.05, 0.1) is 5.75 Å². The van der Waals surface area contributed by atoms with Gasteiger partial charge in [-0.15, -0.1) is 11.8 Å². The molecule has 0 aliphatic carbocycles. The third-order valence-electron chi connectivity index (χ3n) is 2.05. The van der Waals surface area contributed by atoms with Gasteiger partial charge in [-0.25, -0.2) is 0 Å². The minimum absolute atomic E-state index is 0.0823. The fourth-order valence-corrected chi connectivity index (χ4v) is 1.87. The molecule has 0 unspecified atom stereocenters. The van der Waals surface area contributed by atoms with Crippen LogP contribution in [0.4, 0.5) is 0 Å². The minimum atomic E-state index is -1.02. The molecule has 1 rings (SSSR count). The predicted octanol–water partition coefficient (Wildman–Crippen LogP) is -0.636. The number of carbonyl (C=O) groups excluding carboxylic acids is 1. The first-order valence-corrected chi connectivity index (χ1v) is 5.60. The summed E-state index contributed by atoms with van der Waals surface area (Å²) in [5, 5.41) is 8.48. The first-order valence-electron chi connectivity index (χ1n) is 4.45. The molecule has 0 radical (unpaired) electrons. The lowest BCUT2D eigenvalue weighted by Crippen LogP contribution is -2.43. The van der Waals surface area contributed by atoms with Crippen molar-refractivity contribution in [3.05, 3.63) is 0 Å². The van der Waals surface area contributed by atoms with E-state index < -0.39 is 12.0 Å². The molecule has 1 heterocycles. The van der Waals surface area contributed by atoms with Crippen molar-refractivity contribution >= 4 is 23.6 Å². The Bertz CT molecular complexity index is 231. The molecule has 80 valence electrons. The van der Waals surface area contributed by atoms with Crippen LogP contribution in [-0.4, -0.2) is 52.5 Å². The number of carbonyl (C=O) groups is 2. The largest absolute Gasteiger partial charge is 0.480 e. The number of carboxylic acid groups (broad SMARTS) is 1. The summed E-state index contributed by atoms with van der Waals surface area (Å²) in [5.41, 5.74) is 5.28. The number of amides is 1. The maximum absolute atomic E-state index is 11.3. The van der Waals surface area contributed by atoms with Crippen LogP contribution >= 0.6 is 11.8 Å². The van der Waals surface area contributed by atoms with Gasteiger partial charge in [-0.05, 0) is 6.42 Å². The van der Waals surface area contributed by atoms with E-state index in [1.807, 2.05) is 0 Å². The van der Waals surface area contributed by atoms with Gasteiger partial charge in [0.1, 0.15) is 6.04 Å². The molecule has 6 heteroatoms. The van der Waals surface area contributed by atoms with Gasteiger partial charge in [0.25, 0.3) is 0 Å². The van der Waals surface area contributed by atoms with Crippen LogP contribution in [0, 0.1) is 0 Å². The Morgan fingerprint density at radius 3 is 2.57 bits per heavy atom. The van der Waals surface area contributed by atoms with Crippen LogP contribution in [0.15, 0.2) is 0 Å². The summed E-state index contributed by atoms with van der Waals surface area (Å²) in [6.07, 6.45) is 1.07. The minimum Gasteiger partial charge on any atom is -0.480 e. The third kappa shape index (κ3) is 3.19. The van der Waals surface area contributed by atoms with Crippen LogP contribution in [-0.2, 0) is 9.59 Å². The number of hydrogen-bond donors (Lipinski definition) is 2. The Balaban J connectivity index is 2.08. The molecule has 0 spiro atoms. The summed E-state index contributed by atoms with van der Waals surface area (Å²) in [4.78, 5) is 23.4. The van der Waals surface area contributed by atoms with Crippen LogP contribution < -0.4 is 5.73 Å². The highest BCUT2D eigenvalue weighted by Gasteiger charge is 2.20. The highest BCUT2D eigenvalue weighted by Crippen LogP contribution is 2.10. The number of nitrogens with two attached hydrogens (primary N) is 1. The second-order valence-electron chi connectivity index (χ2n) is 3.19. The van der Waals surface area contributed by atoms with Crippen LogP contribution in [0.1, 0.15) is 6.42 Å². The molecule has 0 aromatic carbocycles. The summed E-state index contributed by atoms with van der Waals surface area (Å²) in [7, 11) is 0. The third-order valence-corrected chi connectivity index (χ3v) is 3.09. The molecule has 0 saturated carbocycles. The fraction of sp³-hybridized carbons (Fsp3) is 0.750. The van der Waals surface area contributed by atoms with E-state index in [0.717, 1.165) is 19.5 Å². The number of aliphatic carboxylic acids is 1. The van der Waals surface area contributed by atoms with Crippen molar-refractivity contribution in [1.29, 1.82) is 0 Å². The smallest absolute Gasteiger partial charge is 0.321 e. The number of rotatable bonds is 5. The highest BCUT2D eigenvalue weighted by molar-refractivity contribution is 8.00. The van der Waals surface area contributed by atoms with Gasteiger partial charge < -0.3 is 15.7 Å². The average molecular weight is 218 g/mol. The van der Waals surface area contributed by atoms with E-state index >= 15 is 0 Å². The zero-order chi connectivity index (χ0) is 10.6. The van der Waals surface area contributed by atoms with E-state index in [4.69, 9.17) is 10.8 Å². The lowest BCUT2D eigenvalue weighted by Gasteiger charge is -2.30. The maximum atomic E-state index is 11.3. The van der Waals surface area contributed by atoms with Gasteiger partial charge >= 0.3 is 5.97 Å². The Morgan fingerprint density at radius 1 is 1.50 bits per heavy atom. The van der Waals surface area contributed by atoms with E-state index in [0.29, 0.717) is 5.75 Å². The molecular weight excluding hydrogens is 204 g/mol. The number of thioether (sulfide) groups is 1. The van der Waals surface area contributed by atoms with E-state index in [9.17, 15) is 9.59 Å². The Labute approximate surface area is 86.6 Å². The molecule has 0 aromatic heterocycles. The average Bonchev–Trinajstić information content (AvgIpc) is 2.00. The van der Waals surface area contributed by atoms with Crippen molar-refractivity contribution in [2.75, 3.05) is 24.6 Å². The lowest BCUT2D eigenvalue weighted by atomic mass is 10.2. The van der Waals surface area contributed by atoms with Gasteiger partial charge in [0.2, 0.25) is 5.91 Å². The van der Waals surface area contributed by atoms with E-state index in [-0.39, 0.29) is 11.7 Å².